The van der Waals surface area contributed by atoms with Crippen molar-refractivity contribution in [2.24, 2.45) is 0 Å². The molecule has 0 saturated heterocycles. The van der Waals surface area contributed by atoms with Crippen molar-refractivity contribution in [3.63, 3.8) is 0 Å². The molecule has 2 amide bonds. The Morgan fingerprint density at radius 3 is 2.20 bits per heavy atom. The average molecular weight is 232 g/mol. The highest BCUT2D eigenvalue weighted by atomic mass is 32.1. The summed E-state index contributed by atoms with van der Waals surface area (Å²) in [5, 5.41) is 0. The summed E-state index contributed by atoms with van der Waals surface area (Å²) >= 11 is 4.01. The second-order valence-electron chi connectivity index (χ2n) is 3.58. The Labute approximate surface area is 97.0 Å². The van der Waals surface area contributed by atoms with Crippen molar-refractivity contribution in [3.05, 3.63) is 0 Å². The Morgan fingerprint density at radius 1 is 1.20 bits per heavy atom. The molecule has 0 unspecified atom stereocenters. The van der Waals surface area contributed by atoms with Crippen LogP contribution in [-0.4, -0.2) is 54.6 Å². The molecule has 0 aromatic heterocycles. The molecule has 0 aromatic rings. The van der Waals surface area contributed by atoms with Crippen LogP contribution in [0, 0.1) is 0 Å². The fraction of sp³-hybridized carbons (Fsp3) is 0.800. The minimum atomic E-state index is -0.0454. The number of likely N-dealkylation sites (N-methyl/N-ethyl adjacent to an activating group) is 1. The summed E-state index contributed by atoms with van der Waals surface area (Å²) in [5.41, 5.74) is 0. The van der Waals surface area contributed by atoms with E-state index in [0.29, 0.717) is 18.7 Å². The molecule has 15 heavy (non-hydrogen) atoms. The maximum atomic E-state index is 11.6. The lowest BCUT2D eigenvalue weighted by atomic mass is 10.3. The fourth-order valence-electron chi connectivity index (χ4n) is 1.12. The number of amides is 2. The Bertz CT molecular complexity index is 219. The maximum Gasteiger partial charge on any atom is 0.241 e. The highest BCUT2D eigenvalue weighted by Crippen LogP contribution is 1.99. The van der Waals surface area contributed by atoms with Crippen LogP contribution in [0.25, 0.3) is 0 Å². The van der Waals surface area contributed by atoms with Gasteiger partial charge >= 0.3 is 0 Å². The largest absolute Gasteiger partial charge is 0.347 e. The minimum absolute atomic E-state index is 0.00190. The molecule has 0 saturated carbocycles. The van der Waals surface area contributed by atoms with Gasteiger partial charge in [-0.1, -0.05) is 6.92 Å². The van der Waals surface area contributed by atoms with E-state index in [0.717, 1.165) is 6.42 Å². The third kappa shape index (κ3) is 5.67. The maximum absolute atomic E-state index is 11.6. The SMILES string of the molecule is CCCN(CC(=O)N(C)C)C(=O)CCS. The summed E-state index contributed by atoms with van der Waals surface area (Å²) in [6.45, 7) is 2.79. The third-order valence-corrected chi connectivity index (χ3v) is 2.22. The number of thiol groups is 1. The van der Waals surface area contributed by atoms with E-state index in [-0.39, 0.29) is 18.4 Å². The van der Waals surface area contributed by atoms with Crippen molar-refractivity contribution < 1.29 is 9.59 Å². The van der Waals surface area contributed by atoms with Gasteiger partial charge < -0.3 is 9.80 Å². The van der Waals surface area contributed by atoms with Crippen LogP contribution in [0.5, 0.6) is 0 Å². The molecule has 4 nitrogen and oxygen atoms in total. The van der Waals surface area contributed by atoms with Gasteiger partial charge in [-0.3, -0.25) is 9.59 Å². The topological polar surface area (TPSA) is 40.6 Å². The number of hydrogen-bond donors (Lipinski definition) is 1. The summed E-state index contributed by atoms with van der Waals surface area (Å²) in [5.74, 6) is 0.480. The normalized spacial score (nSPS) is 9.87. The molecule has 88 valence electrons. The zero-order valence-corrected chi connectivity index (χ0v) is 10.6. The van der Waals surface area contributed by atoms with Crippen molar-refractivity contribution in [2.75, 3.05) is 32.9 Å². The molecule has 0 aromatic carbocycles. The van der Waals surface area contributed by atoms with E-state index in [4.69, 9.17) is 0 Å². The lowest BCUT2D eigenvalue weighted by Crippen LogP contribution is -2.40. The molecule has 0 heterocycles. The van der Waals surface area contributed by atoms with E-state index in [9.17, 15) is 9.59 Å². The van der Waals surface area contributed by atoms with Gasteiger partial charge in [0.15, 0.2) is 0 Å². The summed E-state index contributed by atoms with van der Waals surface area (Å²) < 4.78 is 0. The second-order valence-corrected chi connectivity index (χ2v) is 4.02. The first-order valence-electron chi connectivity index (χ1n) is 5.11. The van der Waals surface area contributed by atoms with Gasteiger partial charge in [-0.05, 0) is 12.2 Å². The lowest BCUT2D eigenvalue weighted by Gasteiger charge is -2.23. The van der Waals surface area contributed by atoms with Crippen molar-refractivity contribution in [1.82, 2.24) is 9.80 Å². The third-order valence-electron chi connectivity index (χ3n) is 2.00. The van der Waals surface area contributed by atoms with Crippen molar-refractivity contribution >= 4 is 24.4 Å². The van der Waals surface area contributed by atoms with Crippen molar-refractivity contribution in [1.29, 1.82) is 0 Å². The van der Waals surface area contributed by atoms with Gasteiger partial charge in [0.05, 0.1) is 6.54 Å². The standard InChI is InChI=1S/C10H20N2O2S/c1-4-6-12(9(13)5-7-15)8-10(14)11(2)3/h15H,4-8H2,1-3H3. The predicted molar refractivity (Wildman–Crippen MR) is 64.0 cm³/mol. The van der Waals surface area contributed by atoms with E-state index < -0.39 is 0 Å². The fourth-order valence-corrected chi connectivity index (χ4v) is 1.31. The number of carbonyl (C=O) groups is 2. The Balaban J connectivity index is 4.26. The van der Waals surface area contributed by atoms with Crippen LogP contribution >= 0.6 is 12.6 Å². The average Bonchev–Trinajstić information content (AvgIpc) is 2.17. The number of rotatable bonds is 6. The number of carbonyl (C=O) groups excluding carboxylic acids is 2. The minimum Gasteiger partial charge on any atom is -0.347 e. The molecule has 0 rings (SSSR count). The van der Waals surface area contributed by atoms with Crippen molar-refractivity contribution in [2.45, 2.75) is 19.8 Å². The summed E-state index contributed by atoms with van der Waals surface area (Å²) in [6, 6.07) is 0. The number of nitrogens with zero attached hydrogens (tertiary/aromatic N) is 2. The number of hydrogen-bond acceptors (Lipinski definition) is 3. The molecule has 0 aliphatic rings. The molecule has 0 fully saturated rings. The zero-order valence-electron chi connectivity index (χ0n) is 9.69. The summed E-state index contributed by atoms with van der Waals surface area (Å²) in [4.78, 5) is 26.1. The Kier molecular flexibility index (Phi) is 7.21. The molecular formula is C10H20N2O2S. The summed E-state index contributed by atoms with van der Waals surface area (Å²) in [7, 11) is 3.38. The quantitative estimate of drug-likeness (QED) is 0.683. The molecule has 0 atom stereocenters. The molecule has 0 radical (unpaired) electrons. The van der Waals surface area contributed by atoms with Crippen LogP contribution in [0.3, 0.4) is 0 Å². The van der Waals surface area contributed by atoms with E-state index in [1.165, 1.54) is 4.90 Å². The van der Waals surface area contributed by atoms with Crippen LogP contribution in [0.1, 0.15) is 19.8 Å². The van der Waals surface area contributed by atoms with E-state index in [1.807, 2.05) is 6.92 Å². The molecule has 5 heteroatoms. The molecule has 0 aliphatic heterocycles. The first-order valence-corrected chi connectivity index (χ1v) is 5.75. The molecule has 0 bridgehead atoms. The van der Waals surface area contributed by atoms with Crippen LogP contribution in [0.2, 0.25) is 0 Å². The summed E-state index contributed by atoms with van der Waals surface area (Å²) in [6.07, 6.45) is 1.25. The van der Waals surface area contributed by atoms with Crippen LogP contribution < -0.4 is 0 Å². The van der Waals surface area contributed by atoms with Crippen molar-refractivity contribution in [3.8, 4) is 0 Å². The monoisotopic (exact) mass is 232 g/mol. The highest BCUT2D eigenvalue weighted by molar-refractivity contribution is 7.80. The van der Waals surface area contributed by atoms with Gasteiger partial charge in [0.2, 0.25) is 11.8 Å². The zero-order chi connectivity index (χ0) is 11.8. The Hall–Kier alpha value is -0.710. The molecule has 0 aliphatic carbocycles. The van der Waals surface area contributed by atoms with Gasteiger partial charge in [0.1, 0.15) is 0 Å². The molecular weight excluding hydrogens is 212 g/mol. The smallest absolute Gasteiger partial charge is 0.241 e. The van der Waals surface area contributed by atoms with E-state index in [1.54, 1.807) is 19.0 Å². The van der Waals surface area contributed by atoms with E-state index >= 15 is 0 Å². The molecule has 0 spiro atoms. The van der Waals surface area contributed by atoms with Crippen LogP contribution in [0.15, 0.2) is 0 Å². The molecule has 0 N–H and O–H groups in total. The first-order chi connectivity index (χ1) is 7.02. The van der Waals surface area contributed by atoms with Gasteiger partial charge in [-0.15, -0.1) is 0 Å². The van der Waals surface area contributed by atoms with Crippen LogP contribution in [0.4, 0.5) is 0 Å². The first kappa shape index (κ1) is 14.3. The predicted octanol–water partition coefficient (Wildman–Crippen LogP) is 0.633. The van der Waals surface area contributed by atoms with Gasteiger partial charge in [0, 0.05) is 27.1 Å². The van der Waals surface area contributed by atoms with Gasteiger partial charge in [0.25, 0.3) is 0 Å². The van der Waals surface area contributed by atoms with Gasteiger partial charge in [-0.25, -0.2) is 0 Å². The Morgan fingerprint density at radius 2 is 1.80 bits per heavy atom. The second kappa shape index (κ2) is 7.56. The van der Waals surface area contributed by atoms with Gasteiger partial charge in [-0.2, -0.15) is 12.6 Å². The van der Waals surface area contributed by atoms with Crippen LogP contribution in [-0.2, 0) is 9.59 Å². The highest BCUT2D eigenvalue weighted by Gasteiger charge is 2.16. The van der Waals surface area contributed by atoms with E-state index in [2.05, 4.69) is 12.6 Å². The lowest BCUT2D eigenvalue weighted by molar-refractivity contribution is -0.138.